The largest absolute Gasteiger partial charge is 0.386 e. The summed E-state index contributed by atoms with van der Waals surface area (Å²) in [5, 5.41) is 10.2. The number of nitrogens with one attached hydrogen (secondary N) is 1. The number of carbonyl (C=O) groups is 1. The van der Waals surface area contributed by atoms with Gasteiger partial charge in [0.05, 0.1) is 13.1 Å². The summed E-state index contributed by atoms with van der Waals surface area (Å²) in [6.07, 6.45) is 2.82. The van der Waals surface area contributed by atoms with Crippen LogP contribution in [0, 0.1) is 19.8 Å². The van der Waals surface area contributed by atoms with Crippen LogP contribution in [0.1, 0.15) is 36.3 Å². The maximum absolute atomic E-state index is 12.1. The summed E-state index contributed by atoms with van der Waals surface area (Å²) in [6.45, 7) is 4.41. The molecule has 1 aromatic heterocycles. The Balaban J connectivity index is 1.56. The topological polar surface area (TPSA) is 86.3 Å². The van der Waals surface area contributed by atoms with Crippen molar-refractivity contribution in [3.8, 4) is 0 Å². The van der Waals surface area contributed by atoms with Crippen molar-refractivity contribution in [2.24, 2.45) is 5.92 Å². The van der Waals surface area contributed by atoms with Crippen molar-refractivity contribution in [3.63, 3.8) is 0 Å². The van der Waals surface area contributed by atoms with Gasteiger partial charge in [0, 0.05) is 17.7 Å². The fourth-order valence-corrected chi connectivity index (χ4v) is 3.11. The molecule has 0 unspecified atom stereocenters. The number of β-amino-alcohol motifs (C(OH)–C–C–N with tert-alkyl or cyclic N) is 1. The minimum Gasteiger partial charge on any atom is -0.386 e. The second kappa shape index (κ2) is 4.94. The Morgan fingerprint density at radius 1 is 1.43 bits per heavy atom. The maximum Gasteiger partial charge on any atom is 0.254 e. The van der Waals surface area contributed by atoms with Gasteiger partial charge in [-0.25, -0.2) is 4.98 Å². The quantitative estimate of drug-likeness (QED) is 0.835. The average Bonchev–Trinajstić information content (AvgIpc) is 3.17. The van der Waals surface area contributed by atoms with E-state index in [1.165, 1.54) is 0 Å². The summed E-state index contributed by atoms with van der Waals surface area (Å²) >= 11 is 0. The smallest absolute Gasteiger partial charge is 0.254 e. The van der Waals surface area contributed by atoms with E-state index < -0.39 is 5.60 Å². The summed E-state index contributed by atoms with van der Waals surface area (Å²) in [5.41, 5.74) is 0.453. The van der Waals surface area contributed by atoms with E-state index in [-0.39, 0.29) is 17.9 Å². The number of aromatic amines is 1. The van der Waals surface area contributed by atoms with Gasteiger partial charge in [-0.05, 0) is 39.0 Å². The molecule has 1 amide bonds. The molecule has 2 fully saturated rings. The van der Waals surface area contributed by atoms with Gasteiger partial charge in [0.15, 0.2) is 0 Å². The third kappa shape index (κ3) is 2.72. The van der Waals surface area contributed by atoms with E-state index >= 15 is 0 Å². The number of hydrogen-bond acceptors (Lipinski definition) is 4. The number of aryl methyl sites for hydroxylation is 2. The fourth-order valence-electron chi connectivity index (χ4n) is 3.11. The number of aromatic nitrogens is 2. The van der Waals surface area contributed by atoms with Crippen LogP contribution in [-0.2, 0) is 11.2 Å². The molecule has 3 rings (SSSR count). The van der Waals surface area contributed by atoms with Gasteiger partial charge in [0.1, 0.15) is 11.4 Å². The number of nitrogens with zero attached hydrogens (tertiary/aromatic N) is 2. The predicted molar refractivity (Wildman–Crippen MR) is 76.9 cm³/mol. The Labute approximate surface area is 123 Å². The van der Waals surface area contributed by atoms with Crippen LogP contribution in [0.5, 0.6) is 0 Å². The van der Waals surface area contributed by atoms with Crippen LogP contribution < -0.4 is 5.56 Å². The van der Waals surface area contributed by atoms with Gasteiger partial charge in [-0.2, -0.15) is 0 Å². The van der Waals surface area contributed by atoms with Crippen LogP contribution in [0.3, 0.4) is 0 Å². The molecular formula is C15H21N3O3. The zero-order chi connectivity index (χ0) is 15.2. The highest BCUT2D eigenvalue weighted by Gasteiger charge is 2.52. The number of H-pyrrole nitrogens is 1. The monoisotopic (exact) mass is 291 g/mol. The summed E-state index contributed by atoms with van der Waals surface area (Å²) in [4.78, 5) is 32.5. The van der Waals surface area contributed by atoms with Crippen molar-refractivity contribution >= 4 is 5.91 Å². The van der Waals surface area contributed by atoms with Crippen molar-refractivity contribution in [2.45, 2.75) is 45.1 Å². The van der Waals surface area contributed by atoms with Crippen molar-refractivity contribution in [2.75, 3.05) is 13.1 Å². The molecule has 0 aromatic carbocycles. The Morgan fingerprint density at radius 3 is 2.67 bits per heavy atom. The Hall–Kier alpha value is -1.69. The standard InChI is InChI=1S/C15H21N3O3/c1-9-12(14(20)17-10(2)16-9)5-6-13(19)18-7-15(21,8-18)11-3-4-11/h11,21H,3-8H2,1-2H3,(H,16,17,20). The third-order valence-electron chi connectivity index (χ3n) is 4.55. The molecule has 0 bridgehead atoms. The maximum atomic E-state index is 12.1. The molecular weight excluding hydrogens is 270 g/mol. The molecule has 6 heteroatoms. The molecule has 1 saturated carbocycles. The summed E-state index contributed by atoms with van der Waals surface area (Å²) in [7, 11) is 0. The molecule has 1 aliphatic heterocycles. The minimum atomic E-state index is -0.644. The molecule has 0 radical (unpaired) electrons. The van der Waals surface area contributed by atoms with Crippen LogP contribution in [0.4, 0.5) is 0 Å². The summed E-state index contributed by atoms with van der Waals surface area (Å²) in [6, 6.07) is 0. The first kappa shape index (κ1) is 14.3. The van der Waals surface area contributed by atoms with Crippen molar-refractivity contribution < 1.29 is 9.90 Å². The first-order valence-electron chi connectivity index (χ1n) is 7.45. The minimum absolute atomic E-state index is 0.000278. The van der Waals surface area contributed by atoms with Gasteiger partial charge >= 0.3 is 0 Å². The number of carbonyl (C=O) groups excluding carboxylic acids is 1. The normalized spacial score (nSPS) is 20.2. The van der Waals surface area contributed by atoms with Gasteiger partial charge in [-0.15, -0.1) is 0 Å². The summed E-state index contributed by atoms with van der Waals surface area (Å²) in [5.74, 6) is 0.970. The average molecular weight is 291 g/mol. The van der Waals surface area contributed by atoms with E-state index in [0.717, 1.165) is 12.8 Å². The van der Waals surface area contributed by atoms with Gasteiger partial charge in [-0.1, -0.05) is 0 Å². The SMILES string of the molecule is Cc1nc(C)c(CCC(=O)N2CC(O)(C3CC3)C2)c(=O)[nH]1. The molecule has 6 nitrogen and oxygen atoms in total. The Morgan fingerprint density at radius 2 is 2.10 bits per heavy atom. The van der Waals surface area contributed by atoms with Gasteiger partial charge in [0.2, 0.25) is 5.91 Å². The fraction of sp³-hybridized carbons (Fsp3) is 0.667. The highest BCUT2D eigenvalue weighted by molar-refractivity contribution is 5.77. The molecule has 2 N–H and O–H groups in total. The van der Waals surface area contributed by atoms with Crippen LogP contribution in [0.15, 0.2) is 4.79 Å². The Kier molecular flexibility index (Phi) is 3.36. The first-order valence-corrected chi connectivity index (χ1v) is 7.45. The van der Waals surface area contributed by atoms with Crippen LogP contribution in [0.25, 0.3) is 0 Å². The molecule has 21 heavy (non-hydrogen) atoms. The van der Waals surface area contributed by atoms with Crippen LogP contribution >= 0.6 is 0 Å². The second-order valence-electron chi connectivity index (χ2n) is 6.34. The predicted octanol–water partition coefficient (Wildman–Crippen LogP) is 0.303. The van der Waals surface area contributed by atoms with Crippen molar-refractivity contribution in [1.29, 1.82) is 0 Å². The Bertz CT molecular complexity index is 628. The number of amides is 1. The highest BCUT2D eigenvalue weighted by Crippen LogP contribution is 2.44. The van der Waals surface area contributed by atoms with Gasteiger partial charge in [0.25, 0.3) is 5.56 Å². The molecule has 1 aromatic rings. The lowest BCUT2D eigenvalue weighted by Crippen LogP contribution is -2.64. The van der Waals surface area contributed by atoms with Crippen LogP contribution in [-0.4, -0.2) is 44.6 Å². The molecule has 0 spiro atoms. The van der Waals surface area contributed by atoms with E-state index in [2.05, 4.69) is 9.97 Å². The van der Waals surface area contributed by atoms with E-state index in [4.69, 9.17) is 0 Å². The second-order valence-corrected chi connectivity index (χ2v) is 6.34. The van der Waals surface area contributed by atoms with Crippen LogP contribution in [0.2, 0.25) is 0 Å². The third-order valence-corrected chi connectivity index (χ3v) is 4.55. The lowest BCUT2D eigenvalue weighted by atomic mass is 9.88. The van der Waals surface area contributed by atoms with E-state index in [0.29, 0.717) is 42.5 Å². The zero-order valence-corrected chi connectivity index (χ0v) is 12.5. The number of hydrogen-bond donors (Lipinski definition) is 2. The molecule has 1 aliphatic carbocycles. The molecule has 0 atom stereocenters. The number of likely N-dealkylation sites (tertiary alicyclic amines) is 1. The zero-order valence-electron chi connectivity index (χ0n) is 12.5. The van der Waals surface area contributed by atoms with Gasteiger partial charge < -0.3 is 15.0 Å². The molecule has 2 heterocycles. The molecule has 1 saturated heterocycles. The van der Waals surface area contributed by atoms with Gasteiger partial charge in [-0.3, -0.25) is 9.59 Å². The molecule has 114 valence electrons. The first-order chi connectivity index (χ1) is 9.89. The van der Waals surface area contributed by atoms with Crippen molar-refractivity contribution in [1.82, 2.24) is 14.9 Å². The van der Waals surface area contributed by atoms with E-state index in [1.807, 2.05) is 0 Å². The molecule has 2 aliphatic rings. The lowest BCUT2D eigenvalue weighted by molar-refractivity contribution is -0.159. The lowest BCUT2D eigenvalue weighted by Gasteiger charge is -2.47. The summed E-state index contributed by atoms with van der Waals surface area (Å²) < 4.78 is 0. The van der Waals surface area contributed by atoms with E-state index in [9.17, 15) is 14.7 Å². The van der Waals surface area contributed by atoms with Crippen molar-refractivity contribution in [3.05, 3.63) is 27.4 Å². The van der Waals surface area contributed by atoms with E-state index in [1.54, 1.807) is 18.7 Å². The number of rotatable bonds is 4. The highest BCUT2D eigenvalue weighted by atomic mass is 16.3. The number of aliphatic hydroxyl groups is 1.